The summed E-state index contributed by atoms with van der Waals surface area (Å²) in [5.74, 6) is 0. The Labute approximate surface area is 165 Å². The van der Waals surface area contributed by atoms with Crippen LogP contribution in [0.2, 0.25) is 0 Å². The molecule has 2 heterocycles. The van der Waals surface area contributed by atoms with Crippen LogP contribution >= 0.6 is 109 Å². The number of hydrogen-bond donors (Lipinski definition) is 0. The van der Waals surface area contributed by atoms with Crippen molar-refractivity contribution in [3.8, 4) is 11.1 Å². The molecule has 0 aromatic carbocycles. The first kappa shape index (κ1) is 16.1. The molecule has 0 bridgehead atoms. The first-order valence-corrected chi connectivity index (χ1v) is 9.75. The molecule has 94 valence electrons. The third-order valence-corrected chi connectivity index (χ3v) is 7.56. The molecule has 2 aromatic rings. The van der Waals surface area contributed by atoms with Gasteiger partial charge >= 0.3 is 0 Å². The minimum atomic E-state index is 0.786. The molecule has 0 unspecified atom stereocenters. The Balaban J connectivity index is 2.85. The van der Waals surface area contributed by atoms with E-state index in [-0.39, 0.29) is 0 Å². The van der Waals surface area contributed by atoms with Crippen molar-refractivity contribution in [1.82, 2.24) is 9.97 Å². The first-order valence-electron chi connectivity index (χ1n) is 4.42. The SMILES string of the molecule is Brc1ncc(I)c(-c2c(I)cnc(Br)c2Br)c1Br. The Morgan fingerprint density at radius 2 is 1.06 bits per heavy atom. The summed E-state index contributed by atoms with van der Waals surface area (Å²) in [5.41, 5.74) is 2.19. The van der Waals surface area contributed by atoms with Gasteiger partial charge in [-0.15, -0.1) is 0 Å². The molecule has 0 aliphatic heterocycles. The minimum Gasteiger partial charge on any atom is -0.247 e. The molecule has 2 rings (SSSR count). The fourth-order valence-electron chi connectivity index (χ4n) is 1.34. The van der Waals surface area contributed by atoms with E-state index in [1.807, 2.05) is 12.4 Å². The van der Waals surface area contributed by atoms with Crippen LogP contribution in [0.3, 0.4) is 0 Å². The minimum absolute atomic E-state index is 0.786. The lowest BCUT2D eigenvalue weighted by atomic mass is 10.1. The second-order valence-corrected chi connectivity index (χ2v) is 8.58. The maximum atomic E-state index is 4.26. The van der Waals surface area contributed by atoms with Gasteiger partial charge in [0.2, 0.25) is 0 Å². The molecule has 0 saturated carbocycles. The van der Waals surface area contributed by atoms with E-state index in [0.717, 1.165) is 36.4 Å². The van der Waals surface area contributed by atoms with Crippen LogP contribution in [-0.4, -0.2) is 9.97 Å². The highest BCUT2D eigenvalue weighted by molar-refractivity contribution is 14.1. The predicted molar refractivity (Wildman–Crippen MR) is 104 cm³/mol. The van der Waals surface area contributed by atoms with Gasteiger partial charge in [0.05, 0.1) is 8.95 Å². The van der Waals surface area contributed by atoms with Crippen molar-refractivity contribution in [3.63, 3.8) is 0 Å². The Morgan fingerprint density at radius 3 is 1.39 bits per heavy atom. The molecule has 2 aromatic heterocycles. The topological polar surface area (TPSA) is 25.8 Å². The lowest BCUT2D eigenvalue weighted by molar-refractivity contribution is 1.21. The zero-order valence-electron chi connectivity index (χ0n) is 8.32. The number of aromatic nitrogens is 2. The third kappa shape index (κ3) is 3.12. The van der Waals surface area contributed by atoms with E-state index < -0.39 is 0 Å². The van der Waals surface area contributed by atoms with Crippen LogP contribution in [0.4, 0.5) is 0 Å². The van der Waals surface area contributed by atoms with Crippen molar-refractivity contribution in [2.45, 2.75) is 0 Å². The lowest BCUT2D eigenvalue weighted by Crippen LogP contribution is -1.95. The number of pyridine rings is 2. The van der Waals surface area contributed by atoms with Gasteiger partial charge in [-0.05, 0) is 109 Å². The van der Waals surface area contributed by atoms with E-state index >= 15 is 0 Å². The van der Waals surface area contributed by atoms with E-state index in [9.17, 15) is 0 Å². The third-order valence-electron chi connectivity index (χ3n) is 2.11. The molecule has 0 aliphatic rings. The molecule has 0 aliphatic carbocycles. The van der Waals surface area contributed by atoms with Crippen molar-refractivity contribution >= 4 is 109 Å². The zero-order valence-corrected chi connectivity index (χ0v) is 19.0. The Bertz CT molecular complexity index is 578. The largest absolute Gasteiger partial charge is 0.247 e. The Morgan fingerprint density at radius 1 is 0.722 bits per heavy atom. The molecule has 0 amide bonds. The molecule has 8 heteroatoms. The van der Waals surface area contributed by atoms with E-state index in [0.29, 0.717) is 0 Å². The van der Waals surface area contributed by atoms with Crippen molar-refractivity contribution in [2.75, 3.05) is 0 Å². The summed E-state index contributed by atoms with van der Waals surface area (Å²) in [7, 11) is 0. The molecule has 2 nitrogen and oxygen atoms in total. The fourth-order valence-corrected chi connectivity index (χ4v) is 5.07. The first-order chi connectivity index (χ1) is 8.43. The van der Waals surface area contributed by atoms with E-state index in [1.54, 1.807) is 0 Å². The van der Waals surface area contributed by atoms with Gasteiger partial charge in [0.1, 0.15) is 9.21 Å². The number of halogens is 6. The zero-order chi connectivity index (χ0) is 13.4. The second kappa shape index (κ2) is 6.63. The molecule has 0 N–H and O–H groups in total. The molecule has 0 fully saturated rings. The molecule has 18 heavy (non-hydrogen) atoms. The van der Waals surface area contributed by atoms with Crippen molar-refractivity contribution in [3.05, 3.63) is 37.7 Å². The highest BCUT2D eigenvalue weighted by Gasteiger charge is 2.19. The molecular weight excluding hydrogens is 722 g/mol. The highest BCUT2D eigenvalue weighted by atomic mass is 127. The average Bonchev–Trinajstić information content (AvgIpc) is 2.33. The van der Waals surface area contributed by atoms with E-state index in [4.69, 9.17) is 0 Å². The van der Waals surface area contributed by atoms with Crippen LogP contribution in [0, 0.1) is 7.14 Å². The van der Waals surface area contributed by atoms with Gasteiger partial charge in [0.25, 0.3) is 0 Å². The van der Waals surface area contributed by atoms with Gasteiger partial charge in [0.15, 0.2) is 0 Å². The summed E-state index contributed by atoms with van der Waals surface area (Å²) in [6, 6.07) is 0. The van der Waals surface area contributed by atoms with E-state index in [2.05, 4.69) is 119 Å². The molecule has 0 radical (unpaired) electrons. The summed E-state index contributed by atoms with van der Waals surface area (Å²) in [5, 5.41) is 0. The summed E-state index contributed by atoms with van der Waals surface area (Å²) in [6.07, 6.45) is 3.67. The molecule has 0 atom stereocenters. The van der Waals surface area contributed by atoms with Gasteiger partial charge < -0.3 is 0 Å². The average molecular weight is 724 g/mol. The number of hydrogen-bond acceptors (Lipinski definition) is 2. The maximum absolute atomic E-state index is 4.26. The fraction of sp³-hybridized carbons (Fsp3) is 0. The standard InChI is InChI=1S/C10H2Br4I2N2/c11-7-5(3(15)1-17-9(7)13)6-4(16)2-18-10(14)8(6)12/h1-2H. The maximum Gasteiger partial charge on any atom is 0.120 e. The predicted octanol–water partition coefficient (Wildman–Crippen LogP) is 6.40. The van der Waals surface area contributed by atoms with E-state index in [1.165, 1.54) is 0 Å². The van der Waals surface area contributed by atoms with Crippen molar-refractivity contribution in [1.29, 1.82) is 0 Å². The number of nitrogens with zero attached hydrogens (tertiary/aromatic N) is 2. The normalized spacial score (nSPS) is 10.8. The second-order valence-electron chi connectivity index (χ2n) is 3.17. The summed E-state index contributed by atoms with van der Waals surface area (Å²) in [6.45, 7) is 0. The van der Waals surface area contributed by atoms with Crippen LogP contribution in [0.15, 0.2) is 30.5 Å². The van der Waals surface area contributed by atoms with Crippen molar-refractivity contribution in [2.24, 2.45) is 0 Å². The van der Waals surface area contributed by atoms with Crippen LogP contribution < -0.4 is 0 Å². The lowest BCUT2D eigenvalue weighted by Gasteiger charge is -2.13. The highest BCUT2D eigenvalue weighted by Crippen LogP contribution is 2.43. The monoisotopic (exact) mass is 720 g/mol. The molecular formula is C10H2Br4I2N2. The Kier molecular flexibility index (Phi) is 5.91. The summed E-state index contributed by atoms with van der Waals surface area (Å²) in [4.78, 5) is 8.53. The number of rotatable bonds is 1. The Hall–Kier alpha value is 1.68. The molecule has 0 saturated heterocycles. The quantitative estimate of drug-likeness (QED) is 0.252. The molecule has 0 spiro atoms. The van der Waals surface area contributed by atoms with Crippen LogP contribution in [0.5, 0.6) is 0 Å². The summed E-state index contributed by atoms with van der Waals surface area (Å²) < 4.78 is 5.58. The summed E-state index contributed by atoms with van der Waals surface area (Å²) >= 11 is 18.6. The van der Waals surface area contributed by atoms with Gasteiger partial charge in [-0.1, -0.05) is 0 Å². The smallest absolute Gasteiger partial charge is 0.120 e. The van der Waals surface area contributed by atoms with Crippen molar-refractivity contribution < 1.29 is 0 Å². The van der Waals surface area contributed by atoms with Crippen LogP contribution in [-0.2, 0) is 0 Å². The van der Waals surface area contributed by atoms with Gasteiger partial charge in [0, 0.05) is 30.7 Å². The van der Waals surface area contributed by atoms with Crippen LogP contribution in [0.1, 0.15) is 0 Å². The van der Waals surface area contributed by atoms with Crippen LogP contribution in [0.25, 0.3) is 11.1 Å². The van der Waals surface area contributed by atoms with Gasteiger partial charge in [-0.2, -0.15) is 0 Å². The van der Waals surface area contributed by atoms with Gasteiger partial charge in [-0.25, -0.2) is 9.97 Å². The van der Waals surface area contributed by atoms with Gasteiger partial charge in [-0.3, -0.25) is 0 Å².